The molecule has 1 aromatic heterocycles. The molecular formula is C26H28N2O3S2. The van der Waals surface area contributed by atoms with Crippen molar-refractivity contribution >= 4 is 33.0 Å². The lowest BCUT2D eigenvalue weighted by molar-refractivity contribution is -0.121. The highest BCUT2D eigenvalue weighted by Crippen LogP contribution is 2.44. The Morgan fingerprint density at radius 1 is 1.03 bits per heavy atom. The number of carbonyl (C=O) groups excluding carboxylic acids is 1. The Kier molecular flexibility index (Phi) is 5.89. The Bertz CT molecular complexity index is 1260. The van der Waals surface area contributed by atoms with Crippen molar-refractivity contribution in [3.05, 3.63) is 81.5 Å². The van der Waals surface area contributed by atoms with Gasteiger partial charge in [0.2, 0.25) is 15.9 Å². The van der Waals surface area contributed by atoms with E-state index in [1.54, 1.807) is 23.5 Å². The van der Waals surface area contributed by atoms with Gasteiger partial charge in [0.25, 0.3) is 0 Å². The maximum Gasteiger partial charge on any atom is 0.243 e. The molecule has 0 bridgehead atoms. The van der Waals surface area contributed by atoms with Crippen LogP contribution in [-0.4, -0.2) is 25.2 Å². The maximum absolute atomic E-state index is 13.4. The third kappa shape index (κ3) is 4.14. The van der Waals surface area contributed by atoms with Crippen LogP contribution in [0.4, 0.5) is 5.69 Å². The zero-order valence-electron chi connectivity index (χ0n) is 18.7. The van der Waals surface area contributed by atoms with Crippen LogP contribution >= 0.6 is 11.3 Å². The molecule has 0 spiro atoms. The van der Waals surface area contributed by atoms with Crippen molar-refractivity contribution < 1.29 is 13.2 Å². The van der Waals surface area contributed by atoms with E-state index in [1.807, 2.05) is 48.7 Å². The van der Waals surface area contributed by atoms with E-state index in [0.717, 1.165) is 52.9 Å². The zero-order chi connectivity index (χ0) is 23.1. The first-order valence-corrected chi connectivity index (χ1v) is 13.7. The molecule has 7 heteroatoms. The molecule has 2 aromatic carbocycles. The first-order chi connectivity index (χ1) is 15.9. The summed E-state index contributed by atoms with van der Waals surface area (Å²) >= 11 is 1.65. The highest BCUT2D eigenvalue weighted by molar-refractivity contribution is 7.89. The van der Waals surface area contributed by atoms with Crippen LogP contribution in [0.15, 0.2) is 64.9 Å². The van der Waals surface area contributed by atoms with Crippen LogP contribution in [0.2, 0.25) is 0 Å². The lowest BCUT2D eigenvalue weighted by atomic mass is 9.83. The summed E-state index contributed by atoms with van der Waals surface area (Å²) in [5, 5.41) is 5.19. The molecule has 1 aliphatic heterocycles. The van der Waals surface area contributed by atoms with Crippen molar-refractivity contribution in [2.45, 2.75) is 55.9 Å². The van der Waals surface area contributed by atoms with E-state index >= 15 is 0 Å². The van der Waals surface area contributed by atoms with Crippen LogP contribution < -0.4 is 5.32 Å². The zero-order valence-corrected chi connectivity index (χ0v) is 20.3. The van der Waals surface area contributed by atoms with E-state index in [1.165, 1.54) is 4.31 Å². The second-order valence-electron chi connectivity index (χ2n) is 9.11. The molecule has 5 rings (SSSR count). The molecule has 1 aliphatic carbocycles. The summed E-state index contributed by atoms with van der Waals surface area (Å²) in [6, 6.07) is 17.0. The molecule has 0 saturated heterocycles. The van der Waals surface area contributed by atoms with Crippen molar-refractivity contribution in [3.63, 3.8) is 0 Å². The lowest BCUT2D eigenvalue weighted by Crippen LogP contribution is -2.37. The Morgan fingerprint density at radius 3 is 2.48 bits per heavy atom. The second kappa shape index (κ2) is 8.70. The lowest BCUT2D eigenvalue weighted by Gasteiger charge is -2.29. The fraction of sp³-hybridized carbons (Fsp3) is 0.346. The smallest absolute Gasteiger partial charge is 0.243 e. The van der Waals surface area contributed by atoms with E-state index in [4.69, 9.17) is 0 Å². The number of hydrogen-bond donors (Lipinski definition) is 1. The molecule has 3 aromatic rings. The minimum Gasteiger partial charge on any atom is -0.325 e. The van der Waals surface area contributed by atoms with Gasteiger partial charge in [-0.1, -0.05) is 42.7 Å². The van der Waals surface area contributed by atoms with Gasteiger partial charge in [0.05, 0.1) is 10.3 Å². The van der Waals surface area contributed by atoms with E-state index in [0.29, 0.717) is 24.4 Å². The molecule has 1 saturated carbocycles. The molecule has 0 unspecified atom stereocenters. The van der Waals surface area contributed by atoms with Crippen LogP contribution in [0.3, 0.4) is 0 Å². The van der Waals surface area contributed by atoms with Crippen molar-refractivity contribution in [1.29, 1.82) is 0 Å². The van der Waals surface area contributed by atoms with E-state index in [2.05, 4.69) is 11.4 Å². The summed E-state index contributed by atoms with van der Waals surface area (Å²) in [6.07, 6.45) is 4.51. The Labute approximate surface area is 199 Å². The topological polar surface area (TPSA) is 66.5 Å². The number of carbonyl (C=O) groups is 1. The molecule has 5 nitrogen and oxygen atoms in total. The third-order valence-electron chi connectivity index (χ3n) is 6.98. The number of aryl methyl sites for hydroxylation is 1. The van der Waals surface area contributed by atoms with Crippen LogP contribution in [0.1, 0.15) is 47.3 Å². The summed E-state index contributed by atoms with van der Waals surface area (Å²) in [6.45, 7) is 2.71. The van der Waals surface area contributed by atoms with Gasteiger partial charge in [0.1, 0.15) is 0 Å². The largest absolute Gasteiger partial charge is 0.325 e. The summed E-state index contributed by atoms with van der Waals surface area (Å²) in [5.74, 6) is 0.0438. The number of nitrogens with zero attached hydrogens (tertiary/aromatic N) is 1. The van der Waals surface area contributed by atoms with Crippen molar-refractivity contribution in [1.82, 2.24) is 4.31 Å². The standard InChI is InChI=1S/C26H28N2O3S2/c1-19-6-10-23(11-7-19)33(30,31)28-15-12-20-8-9-22(17-21(20)18-28)27-25(29)26(13-2-3-14-26)24-5-4-16-32-24/h4-11,16-17H,2-3,12-15,18H2,1H3,(H,27,29). The predicted molar refractivity (Wildman–Crippen MR) is 132 cm³/mol. The van der Waals surface area contributed by atoms with E-state index in [-0.39, 0.29) is 5.91 Å². The average molecular weight is 481 g/mol. The van der Waals surface area contributed by atoms with Crippen LogP contribution in [-0.2, 0) is 33.2 Å². The molecule has 1 amide bonds. The number of benzene rings is 2. The monoisotopic (exact) mass is 480 g/mol. The van der Waals surface area contributed by atoms with Gasteiger partial charge in [0, 0.05) is 23.7 Å². The number of amides is 1. The molecule has 172 valence electrons. The van der Waals surface area contributed by atoms with Gasteiger partial charge in [-0.15, -0.1) is 11.3 Å². The molecule has 1 fully saturated rings. The van der Waals surface area contributed by atoms with Crippen molar-refractivity contribution in [2.75, 3.05) is 11.9 Å². The van der Waals surface area contributed by atoms with E-state index < -0.39 is 15.4 Å². The molecular weight excluding hydrogens is 452 g/mol. The SMILES string of the molecule is Cc1ccc(S(=O)(=O)N2CCc3ccc(NC(=O)C4(c5cccs5)CCCC4)cc3C2)cc1. The predicted octanol–water partition coefficient (Wildman–Crippen LogP) is 5.25. The van der Waals surface area contributed by atoms with E-state index in [9.17, 15) is 13.2 Å². The summed E-state index contributed by atoms with van der Waals surface area (Å²) in [7, 11) is -3.56. The van der Waals surface area contributed by atoms with Gasteiger partial charge >= 0.3 is 0 Å². The van der Waals surface area contributed by atoms with Gasteiger partial charge in [-0.2, -0.15) is 4.31 Å². The normalized spacial score (nSPS) is 18.1. The molecule has 2 aliphatic rings. The number of thiophene rings is 1. The van der Waals surface area contributed by atoms with Gasteiger partial charge in [-0.05, 0) is 73.0 Å². The number of rotatable bonds is 5. The number of anilines is 1. The molecule has 33 heavy (non-hydrogen) atoms. The van der Waals surface area contributed by atoms with Gasteiger partial charge in [-0.3, -0.25) is 4.79 Å². The Hall–Kier alpha value is -2.48. The van der Waals surface area contributed by atoms with Crippen LogP contribution in [0.5, 0.6) is 0 Å². The number of sulfonamides is 1. The number of nitrogens with one attached hydrogen (secondary N) is 1. The third-order valence-corrected chi connectivity index (χ3v) is 9.92. The highest BCUT2D eigenvalue weighted by atomic mass is 32.2. The van der Waals surface area contributed by atoms with Crippen molar-refractivity contribution in [3.8, 4) is 0 Å². The Morgan fingerprint density at radius 2 is 1.79 bits per heavy atom. The molecule has 1 N–H and O–H groups in total. The fourth-order valence-electron chi connectivity index (χ4n) is 5.04. The van der Waals surface area contributed by atoms with Gasteiger partial charge < -0.3 is 5.32 Å². The number of hydrogen-bond acceptors (Lipinski definition) is 4. The number of fused-ring (bicyclic) bond motifs is 1. The average Bonchev–Trinajstić information content (AvgIpc) is 3.52. The fourth-order valence-corrected chi connectivity index (χ4v) is 7.44. The second-order valence-corrected chi connectivity index (χ2v) is 12.0. The first kappa shape index (κ1) is 22.3. The minimum atomic E-state index is -3.56. The first-order valence-electron chi connectivity index (χ1n) is 11.4. The maximum atomic E-state index is 13.4. The van der Waals surface area contributed by atoms with Crippen LogP contribution in [0.25, 0.3) is 0 Å². The molecule has 0 radical (unpaired) electrons. The van der Waals surface area contributed by atoms with Gasteiger partial charge in [0.15, 0.2) is 0 Å². The molecule has 2 heterocycles. The summed E-state index contributed by atoms with van der Waals surface area (Å²) < 4.78 is 27.9. The van der Waals surface area contributed by atoms with Gasteiger partial charge in [-0.25, -0.2) is 8.42 Å². The van der Waals surface area contributed by atoms with Crippen molar-refractivity contribution in [2.24, 2.45) is 0 Å². The highest BCUT2D eigenvalue weighted by Gasteiger charge is 2.43. The van der Waals surface area contributed by atoms with Crippen LogP contribution in [0, 0.1) is 6.92 Å². The molecule has 0 atom stereocenters. The summed E-state index contributed by atoms with van der Waals surface area (Å²) in [5.41, 5.74) is 3.39. The summed E-state index contributed by atoms with van der Waals surface area (Å²) in [4.78, 5) is 14.9. The Balaban J connectivity index is 1.37. The minimum absolute atomic E-state index is 0.0438. The quantitative estimate of drug-likeness (QED) is 0.542.